The van der Waals surface area contributed by atoms with Crippen molar-refractivity contribution in [3.8, 4) is 6.07 Å². The van der Waals surface area contributed by atoms with Crippen molar-refractivity contribution >= 4 is 17.3 Å². The molecule has 0 saturated carbocycles. The Balaban J connectivity index is 2.38. The molecule has 0 aliphatic heterocycles. The Morgan fingerprint density at radius 3 is 2.67 bits per heavy atom. The fourth-order valence-electron chi connectivity index (χ4n) is 1.87. The number of anilines is 2. The van der Waals surface area contributed by atoms with Crippen LogP contribution in [0.1, 0.15) is 21.5 Å². The van der Waals surface area contributed by atoms with Gasteiger partial charge in [-0.05, 0) is 42.8 Å². The van der Waals surface area contributed by atoms with Gasteiger partial charge in [-0.1, -0.05) is 0 Å². The van der Waals surface area contributed by atoms with E-state index in [0.29, 0.717) is 0 Å². The zero-order chi connectivity index (χ0) is 15.6. The summed E-state index contributed by atoms with van der Waals surface area (Å²) in [6.45, 7) is 1.49. The minimum atomic E-state index is -0.758. The first-order chi connectivity index (χ1) is 9.92. The maximum absolute atomic E-state index is 13.9. The van der Waals surface area contributed by atoms with Crippen molar-refractivity contribution < 1.29 is 13.6 Å². The fourth-order valence-corrected chi connectivity index (χ4v) is 1.87. The number of benzene rings is 2. The zero-order valence-corrected chi connectivity index (χ0v) is 11.1. The monoisotopic (exact) mass is 287 g/mol. The third-order valence-corrected chi connectivity index (χ3v) is 2.87. The van der Waals surface area contributed by atoms with Gasteiger partial charge in [-0.25, -0.2) is 8.78 Å². The first-order valence-corrected chi connectivity index (χ1v) is 5.99. The van der Waals surface area contributed by atoms with E-state index in [1.807, 2.05) is 0 Å². The van der Waals surface area contributed by atoms with Gasteiger partial charge < -0.3 is 11.1 Å². The van der Waals surface area contributed by atoms with Crippen LogP contribution in [0.25, 0.3) is 0 Å². The average Bonchev–Trinajstić information content (AvgIpc) is 2.44. The first-order valence-electron chi connectivity index (χ1n) is 5.99. The Hall–Kier alpha value is -2.94. The lowest BCUT2D eigenvalue weighted by Crippen LogP contribution is -2.16. The Labute approximate surface area is 119 Å². The Morgan fingerprint density at radius 1 is 1.29 bits per heavy atom. The number of nitrogen functional groups attached to an aromatic ring is 1. The molecule has 1 amide bonds. The second-order valence-electron chi connectivity index (χ2n) is 4.46. The number of nitrogens with zero attached hydrogens (tertiary/aromatic N) is 1. The highest BCUT2D eigenvalue weighted by Gasteiger charge is 2.16. The quantitative estimate of drug-likeness (QED) is 0.833. The Bertz CT molecular complexity index is 766. The lowest BCUT2D eigenvalue weighted by Gasteiger charge is -2.10. The van der Waals surface area contributed by atoms with Crippen LogP contribution in [0.5, 0.6) is 0 Å². The lowest BCUT2D eigenvalue weighted by molar-refractivity contribution is 0.102. The molecule has 0 unspecified atom stereocenters. The Morgan fingerprint density at radius 2 is 2.00 bits per heavy atom. The van der Waals surface area contributed by atoms with Gasteiger partial charge in [0.15, 0.2) is 0 Å². The number of nitrogens with one attached hydrogen (secondary N) is 1. The number of amides is 1. The standard InChI is InChI=1S/C15H11F2N3O/c1-8-4-11(19)6-12(14(8)17)15(21)20-13-3-2-10(16)5-9(13)7-18/h2-6H,19H2,1H3,(H,20,21). The molecule has 0 aliphatic carbocycles. The van der Waals surface area contributed by atoms with Crippen molar-refractivity contribution in [3.05, 3.63) is 58.7 Å². The van der Waals surface area contributed by atoms with Crippen LogP contribution in [0, 0.1) is 29.9 Å². The third kappa shape index (κ3) is 2.98. The topological polar surface area (TPSA) is 78.9 Å². The van der Waals surface area contributed by atoms with Crippen LogP contribution in [0.3, 0.4) is 0 Å². The molecule has 4 nitrogen and oxygen atoms in total. The van der Waals surface area contributed by atoms with E-state index in [-0.39, 0.29) is 28.1 Å². The van der Waals surface area contributed by atoms with Crippen LogP contribution in [0.4, 0.5) is 20.2 Å². The molecular formula is C15H11F2N3O. The highest BCUT2D eigenvalue weighted by molar-refractivity contribution is 6.05. The predicted octanol–water partition coefficient (Wildman–Crippen LogP) is 2.98. The second kappa shape index (κ2) is 5.59. The fraction of sp³-hybridized carbons (Fsp3) is 0.0667. The van der Waals surface area contributed by atoms with Crippen molar-refractivity contribution in [1.29, 1.82) is 5.26 Å². The summed E-state index contributed by atoms with van der Waals surface area (Å²) in [5.41, 5.74) is 5.88. The molecule has 0 bridgehead atoms. The van der Waals surface area contributed by atoms with Gasteiger partial charge in [-0.2, -0.15) is 5.26 Å². The van der Waals surface area contributed by atoms with Crippen molar-refractivity contribution in [2.45, 2.75) is 6.92 Å². The van der Waals surface area contributed by atoms with Gasteiger partial charge in [-0.15, -0.1) is 0 Å². The van der Waals surface area contributed by atoms with Crippen molar-refractivity contribution in [3.63, 3.8) is 0 Å². The summed E-state index contributed by atoms with van der Waals surface area (Å²) in [6.07, 6.45) is 0. The van der Waals surface area contributed by atoms with Crippen LogP contribution >= 0.6 is 0 Å². The van der Waals surface area contributed by atoms with E-state index in [4.69, 9.17) is 11.0 Å². The van der Waals surface area contributed by atoms with Crippen LogP contribution in [0.2, 0.25) is 0 Å². The maximum atomic E-state index is 13.9. The molecule has 0 fully saturated rings. The van der Waals surface area contributed by atoms with E-state index in [1.165, 1.54) is 25.1 Å². The molecule has 2 rings (SSSR count). The predicted molar refractivity (Wildman–Crippen MR) is 74.6 cm³/mol. The van der Waals surface area contributed by atoms with Crippen molar-refractivity contribution in [1.82, 2.24) is 0 Å². The van der Waals surface area contributed by atoms with Crippen LogP contribution in [0.15, 0.2) is 30.3 Å². The molecular weight excluding hydrogens is 276 g/mol. The highest BCUT2D eigenvalue weighted by atomic mass is 19.1. The molecule has 2 aromatic rings. The van der Waals surface area contributed by atoms with E-state index >= 15 is 0 Å². The van der Waals surface area contributed by atoms with E-state index in [9.17, 15) is 13.6 Å². The minimum absolute atomic E-state index is 0.0515. The second-order valence-corrected chi connectivity index (χ2v) is 4.46. The molecule has 0 aliphatic rings. The average molecular weight is 287 g/mol. The molecule has 6 heteroatoms. The molecule has 21 heavy (non-hydrogen) atoms. The van der Waals surface area contributed by atoms with Gasteiger partial charge in [0.2, 0.25) is 0 Å². The smallest absolute Gasteiger partial charge is 0.258 e. The molecule has 2 aromatic carbocycles. The number of hydrogen-bond acceptors (Lipinski definition) is 3. The number of carbonyl (C=O) groups is 1. The van der Waals surface area contributed by atoms with Gasteiger partial charge in [-0.3, -0.25) is 4.79 Å². The number of rotatable bonds is 2. The van der Waals surface area contributed by atoms with E-state index in [1.54, 1.807) is 6.07 Å². The number of aryl methyl sites for hydroxylation is 1. The largest absolute Gasteiger partial charge is 0.399 e. The maximum Gasteiger partial charge on any atom is 0.258 e. The summed E-state index contributed by atoms with van der Waals surface area (Å²) < 4.78 is 27.0. The van der Waals surface area contributed by atoms with Crippen LogP contribution in [-0.4, -0.2) is 5.91 Å². The summed E-state index contributed by atoms with van der Waals surface area (Å²) in [5.74, 6) is -2.05. The van der Waals surface area contributed by atoms with E-state index in [0.717, 1.165) is 12.1 Å². The molecule has 106 valence electrons. The molecule has 0 spiro atoms. The first kappa shape index (κ1) is 14.5. The molecule has 0 radical (unpaired) electrons. The third-order valence-electron chi connectivity index (χ3n) is 2.87. The summed E-state index contributed by atoms with van der Waals surface area (Å²) in [6, 6.07) is 7.68. The SMILES string of the molecule is Cc1cc(N)cc(C(=O)Nc2ccc(F)cc2C#N)c1F. The normalized spacial score (nSPS) is 10.0. The van der Waals surface area contributed by atoms with Crippen molar-refractivity contribution in [2.24, 2.45) is 0 Å². The summed E-state index contributed by atoms with van der Waals surface area (Å²) in [5, 5.41) is 11.3. The number of halogens is 2. The minimum Gasteiger partial charge on any atom is -0.399 e. The van der Waals surface area contributed by atoms with Gasteiger partial charge in [0.1, 0.15) is 17.7 Å². The summed E-state index contributed by atoms with van der Waals surface area (Å²) >= 11 is 0. The van der Waals surface area contributed by atoms with E-state index < -0.39 is 17.5 Å². The van der Waals surface area contributed by atoms with Crippen molar-refractivity contribution in [2.75, 3.05) is 11.1 Å². The lowest BCUT2D eigenvalue weighted by atomic mass is 10.1. The van der Waals surface area contributed by atoms with Crippen LogP contribution < -0.4 is 11.1 Å². The molecule has 0 saturated heterocycles. The van der Waals surface area contributed by atoms with Gasteiger partial charge >= 0.3 is 0 Å². The van der Waals surface area contributed by atoms with Gasteiger partial charge in [0.05, 0.1) is 16.8 Å². The van der Waals surface area contributed by atoms with Gasteiger partial charge in [0, 0.05) is 5.69 Å². The number of nitrogens with two attached hydrogens (primary N) is 1. The molecule has 3 N–H and O–H groups in total. The zero-order valence-electron chi connectivity index (χ0n) is 11.1. The molecule has 0 heterocycles. The number of hydrogen-bond donors (Lipinski definition) is 2. The molecule has 0 atom stereocenters. The number of nitriles is 1. The van der Waals surface area contributed by atoms with Crippen LogP contribution in [-0.2, 0) is 0 Å². The number of carbonyl (C=O) groups excluding carboxylic acids is 1. The summed E-state index contributed by atoms with van der Waals surface area (Å²) in [4.78, 5) is 12.1. The Kier molecular flexibility index (Phi) is 3.85. The summed E-state index contributed by atoms with van der Waals surface area (Å²) in [7, 11) is 0. The highest BCUT2D eigenvalue weighted by Crippen LogP contribution is 2.21. The van der Waals surface area contributed by atoms with E-state index in [2.05, 4.69) is 5.32 Å². The molecule has 0 aromatic heterocycles. The van der Waals surface area contributed by atoms with Gasteiger partial charge in [0.25, 0.3) is 5.91 Å².